The topological polar surface area (TPSA) is 74.8 Å². The molecule has 0 aromatic heterocycles. The Balaban J connectivity index is 0.00000300. The second-order valence-corrected chi connectivity index (χ2v) is 6.79. The van der Waals surface area contributed by atoms with Crippen LogP contribution < -0.4 is 20.7 Å². The summed E-state index contributed by atoms with van der Waals surface area (Å²) in [5.41, 5.74) is 4.44. The highest BCUT2D eigenvalue weighted by atomic mass is 127. The number of nitrogens with zero attached hydrogens (tertiary/aromatic N) is 1. The normalized spacial score (nSPS) is 12.4. The smallest absolute Gasteiger partial charge is 0.221 e. The zero-order chi connectivity index (χ0) is 19.8. The second-order valence-electron chi connectivity index (χ2n) is 6.79. The van der Waals surface area contributed by atoms with Gasteiger partial charge in [-0.2, -0.15) is 0 Å². The van der Waals surface area contributed by atoms with Crippen LogP contribution in [-0.4, -0.2) is 31.6 Å². The Hall–Kier alpha value is -2.29. The number of halogens is 1. The van der Waals surface area contributed by atoms with Crippen molar-refractivity contribution < 1.29 is 9.53 Å². The van der Waals surface area contributed by atoms with E-state index >= 15 is 0 Å². The summed E-state index contributed by atoms with van der Waals surface area (Å²) in [7, 11) is 0. The van der Waals surface area contributed by atoms with Crippen molar-refractivity contribution in [3.63, 3.8) is 0 Å². The minimum atomic E-state index is -0.0752. The molecule has 3 rings (SSSR count). The molecule has 6 nitrogen and oxygen atoms in total. The van der Waals surface area contributed by atoms with Gasteiger partial charge in [-0.3, -0.25) is 4.79 Å². The number of fused-ring (bicyclic) bond motifs is 1. The average molecular weight is 508 g/mol. The van der Waals surface area contributed by atoms with Gasteiger partial charge in [-0.05, 0) is 48.2 Å². The zero-order valence-corrected chi connectivity index (χ0v) is 19.3. The number of anilines is 1. The maximum Gasteiger partial charge on any atom is 0.221 e. The predicted octanol–water partition coefficient (Wildman–Crippen LogP) is 3.50. The van der Waals surface area contributed by atoms with Gasteiger partial charge in [0.2, 0.25) is 5.91 Å². The van der Waals surface area contributed by atoms with Crippen LogP contribution in [0.4, 0.5) is 5.69 Å². The number of benzene rings is 2. The van der Waals surface area contributed by atoms with Gasteiger partial charge in [0.05, 0.1) is 13.2 Å². The number of rotatable bonds is 7. The van der Waals surface area contributed by atoms with Crippen molar-refractivity contribution in [1.29, 1.82) is 0 Å². The van der Waals surface area contributed by atoms with E-state index in [-0.39, 0.29) is 29.9 Å². The lowest BCUT2D eigenvalue weighted by atomic mass is 10.1. The van der Waals surface area contributed by atoms with E-state index in [9.17, 15) is 4.79 Å². The number of ether oxygens (including phenoxy) is 1. The van der Waals surface area contributed by atoms with Crippen LogP contribution in [0.3, 0.4) is 0 Å². The van der Waals surface area contributed by atoms with Gasteiger partial charge in [0.1, 0.15) is 5.75 Å². The lowest BCUT2D eigenvalue weighted by Crippen LogP contribution is -2.38. The van der Waals surface area contributed by atoms with Gasteiger partial charge < -0.3 is 20.7 Å². The Morgan fingerprint density at radius 3 is 2.79 bits per heavy atom. The number of carbonyl (C=O) groups is 1. The quantitative estimate of drug-likeness (QED) is 0.304. The Labute approximate surface area is 189 Å². The first kappa shape index (κ1) is 23.0. The van der Waals surface area contributed by atoms with Crippen LogP contribution in [0.2, 0.25) is 0 Å². The molecule has 2 aromatic carbocycles. The molecule has 0 aliphatic carbocycles. The standard InChI is InChI=1S/C22H28N4O2.HI/c1-3-23-22(25-15-18-5-4-6-20(14-18)26-16(2)27)24-11-9-17-7-8-21-19(13-17)10-12-28-21;/h4-8,13-14H,3,9-12,15H2,1-2H3,(H,26,27)(H2,23,24,25);1H. The molecule has 0 unspecified atom stereocenters. The van der Waals surface area contributed by atoms with Gasteiger partial charge in [0.25, 0.3) is 0 Å². The molecular weight excluding hydrogens is 479 g/mol. The third-order valence-electron chi connectivity index (χ3n) is 4.47. The van der Waals surface area contributed by atoms with E-state index in [1.165, 1.54) is 18.1 Å². The molecule has 3 N–H and O–H groups in total. The van der Waals surface area contributed by atoms with E-state index in [1.807, 2.05) is 24.3 Å². The van der Waals surface area contributed by atoms with Crippen molar-refractivity contribution in [2.75, 3.05) is 25.0 Å². The molecule has 156 valence electrons. The van der Waals surface area contributed by atoms with Crippen LogP contribution in [0.25, 0.3) is 0 Å². The highest BCUT2D eigenvalue weighted by molar-refractivity contribution is 14.0. The van der Waals surface area contributed by atoms with Gasteiger partial charge in [0, 0.05) is 32.1 Å². The van der Waals surface area contributed by atoms with Crippen molar-refractivity contribution in [2.45, 2.75) is 33.2 Å². The van der Waals surface area contributed by atoms with Crippen LogP contribution in [0, 0.1) is 0 Å². The van der Waals surface area contributed by atoms with Crippen molar-refractivity contribution in [3.8, 4) is 5.75 Å². The summed E-state index contributed by atoms with van der Waals surface area (Å²) in [5, 5.41) is 9.47. The largest absolute Gasteiger partial charge is 0.493 e. The summed E-state index contributed by atoms with van der Waals surface area (Å²) in [6.45, 7) is 6.49. The fraction of sp³-hybridized carbons (Fsp3) is 0.364. The lowest BCUT2D eigenvalue weighted by molar-refractivity contribution is -0.114. The average Bonchev–Trinajstić information content (AvgIpc) is 3.14. The van der Waals surface area contributed by atoms with Crippen LogP contribution in [-0.2, 0) is 24.2 Å². The lowest BCUT2D eigenvalue weighted by Gasteiger charge is -2.12. The van der Waals surface area contributed by atoms with E-state index in [0.717, 1.165) is 55.5 Å². The third-order valence-corrected chi connectivity index (χ3v) is 4.47. The van der Waals surface area contributed by atoms with Crippen LogP contribution in [0.5, 0.6) is 5.75 Å². The number of guanidine groups is 1. The number of hydrogen-bond donors (Lipinski definition) is 3. The third kappa shape index (κ3) is 7.23. The molecule has 0 saturated heterocycles. The van der Waals surface area contributed by atoms with E-state index < -0.39 is 0 Å². The Bertz CT molecular complexity index is 854. The minimum absolute atomic E-state index is 0. The van der Waals surface area contributed by atoms with Gasteiger partial charge in [-0.1, -0.05) is 24.3 Å². The van der Waals surface area contributed by atoms with Crippen LogP contribution in [0.1, 0.15) is 30.5 Å². The van der Waals surface area contributed by atoms with Crippen LogP contribution in [0.15, 0.2) is 47.5 Å². The monoisotopic (exact) mass is 508 g/mol. The molecule has 29 heavy (non-hydrogen) atoms. The van der Waals surface area contributed by atoms with E-state index in [1.54, 1.807) is 0 Å². The van der Waals surface area contributed by atoms with Gasteiger partial charge in [-0.15, -0.1) is 24.0 Å². The summed E-state index contributed by atoms with van der Waals surface area (Å²) >= 11 is 0. The van der Waals surface area contributed by atoms with Gasteiger partial charge >= 0.3 is 0 Å². The Morgan fingerprint density at radius 1 is 1.14 bits per heavy atom. The molecule has 1 aliphatic heterocycles. The highest BCUT2D eigenvalue weighted by Crippen LogP contribution is 2.25. The first-order valence-corrected chi connectivity index (χ1v) is 9.77. The second kappa shape index (κ2) is 11.6. The van der Waals surface area contributed by atoms with Crippen LogP contribution >= 0.6 is 24.0 Å². The summed E-state index contributed by atoms with van der Waals surface area (Å²) in [5.74, 6) is 1.74. The molecule has 7 heteroatoms. The molecule has 0 saturated carbocycles. The van der Waals surface area contributed by atoms with Gasteiger partial charge in [-0.25, -0.2) is 4.99 Å². The minimum Gasteiger partial charge on any atom is -0.493 e. The summed E-state index contributed by atoms with van der Waals surface area (Å²) in [6.07, 6.45) is 1.92. The first-order chi connectivity index (χ1) is 13.6. The number of amides is 1. The summed E-state index contributed by atoms with van der Waals surface area (Å²) in [6, 6.07) is 14.2. The van der Waals surface area contributed by atoms with Crippen molar-refractivity contribution in [3.05, 3.63) is 59.2 Å². The summed E-state index contributed by atoms with van der Waals surface area (Å²) in [4.78, 5) is 15.9. The molecule has 1 heterocycles. The number of carbonyl (C=O) groups excluding carboxylic acids is 1. The number of aliphatic imine (C=N–C) groups is 1. The molecular formula is C22H29IN4O2. The maximum atomic E-state index is 11.2. The SMILES string of the molecule is CCNC(=NCc1cccc(NC(C)=O)c1)NCCc1ccc2c(c1)CCO2.I. The van der Waals surface area contributed by atoms with Crippen molar-refractivity contribution in [2.24, 2.45) is 4.99 Å². The Kier molecular flexibility index (Phi) is 9.24. The molecule has 0 spiro atoms. The highest BCUT2D eigenvalue weighted by Gasteiger charge is 2.11. The molecule has 1 amide bonds. The predicted molar refractivity (Wildman–Crippen MR) is 128 cm³/mol. The fourth-order valence-electron chi connectivity index (χ4n) is 3.18. The molecule has 1 aliphatic rings. The maximum absolute atomic E-state index is 11.2. The first-order valence-electron chi connectivity index (χ1n) is 9.77. The van der Waals surface area contributed by atoms with E-state index in [4.69, 9.17) is 4.74 Å². The Morgan fingerprint density at radius 2 is 2.00 bits per heavy atom. The zero-order valence-electron chi connectivity index (χ0n) is 17.0. The molecule has 0 fully saturated rings. The molecule has 0 radical (unpaired) electrons. The number of nitrogens with one attached hydrogen (secondary N) is 3. The van der Waals surface area contributed by atoms with Gasteiger partial charge in [0.15, 0.2) is 5.96 Å². The summed E-state index contributed by atoms with van der Waals surface area (Å²) < 4.78 is 5.56. The van der Waals surface area contributed by atoms with E-state index in [2.05, 4.69) is 46.1 Å². The molecule has 0 atom stereocenters. The van der Waals surface area contributed by atoms with Crippen molar-refractivity contribution >= 4 is 41.5 Å². The van der Waals surface area contributed by atoms with E-state index in [0.29, 0.717) is 6.54 Å². The van der Waals surface area contributed by atoms with Crippen molar-refractivity contribution in [1.82, 2.24) is 10.6 Å². The molecule has 2 aromatic rings. The fourth-order valence-corrected chi connectivity index (χ4v) is 3.18. The molecule has 0 bridgehead atoms. The number of hydrogen-bond acceptors (Lipinski definition) is 3.